The van der Waals surface area contributed by atoms with E-state index in [0.717, 1.165) is 12.1 Å². The van der Waals surface area contributed by atoms with Crippen molar-refractivity contribution < 1.29 is 18.0 Å². The second-order valence-electron chi connectivity index (χ2n) is 4.41. The van der Waals surface area contributed by atoms with E-state index in [9.17, 15) is 18.0 Å². The van der Waals surface area contributed by atoms with Crippen molar-refractivity contribution in [2.75, 3.05) is 6.54 Å². The highest BCUT2D eigenvalue weighted by Gasteiger charge is 2.10. The van der Waals surface area contributed by atoms with Crippen LogP contribution >= 0.6 is 15.9 Å². The van der Waals surface area contributed by atoms with Crippen LogP contribution in [-0.2, 0) is 6.42 Å². The van der Waals surface area contributed by atoms with Gasteiger partial charge in [0.25, 0.3) is 5.91 Å². The zero-order valence-corrected chi connectivity index (χ0v) is 12.4. The number of benzene rings is 2. The molecule has 110 valence electrons. The topological polar surface area (TPSA) is 29.1 Å². The first-order valence-electron chi connectivity index (χ1n) is 6.14. The van der Waals surface area contributed by atoms with Crippen molar-refractivity contribution in [3.63, 3.8) is 0 Å². The van der Waals surface area contributed by atoms with Crippen LogP contribution in [0.2, 0.25) is 0 Å². The van der Waals surface area contributed by atoms with E-state index in [1.165, 1.54) is 24.3 Å². The van der Waals surface area contributed by atoms with Crippen molar-refractivity contribution in [3.8, 4) is 0 Å². The number of halogens is 4. The van der Waals surface area contributed by atoms with Gasteiger partial charge in [-0.25, -0.2) is 13.2 Å². The molecule has 21 heavy (non-hydrogen) atoms. The van der Waals surface area contributed by atoms with Gasteiger partial charge in [-0.2, -0.15) is 0 Å². The van der Waals surface area contributed by atoms with E-state index in [2.05, 4.69) is 21.2 Å². The first-order chi connectivity index (χ1) is 9.95. The molecule has 0 saturated heterocycles. The zero-order valence-electron chi connectivity index (χ0n) is 10.8. The number of nitrogens with one attached hydrogen (secondary N) is 1. The van der Waals surface area contributed by atoms with Crippen LogP contribution in [0.4, 0.5) is 13.2 Å². The average molecular weight is 358 g/mol. The third-order valence-corrected chi connectivity index (χ3v) is 3.49. The van der Waals surface area contributed by atoms with E-state index in [0.29, 0.717) is 10.0 Å². The summed E-state index contributed by atoms with van der Waals surface area (Å²) in [6.45, 7) is 0.185. The van der Waals surface area contributed by atoms with Crippen LogP contribution in [0.1, 0.15) is 15.9 Å². The molecule has 0 aliphatic heterocycles. The molecule has 0 fully saturated rings. The molecule has 0 bridgehead atoms. The zero-order chi connectivity index (χ0) is 15.4. The molecule has 0 radical (unpaired) electrons. The van der Waals surface area contributed by atoms with Crippen molar-refractivity contribution in [1.82, 2.24) is 5.32 Å². The van der Waals surface area contributed by atoms with Crippen LogP contribution < -0.4 is 5.32 Å². The highest BCUT2D eigenvalue weighted by molar-refractivity contribution is 9.10. The van der Waals surface area contributed by atoms with E-state index >= 15 is 0 Å². The maximum Gasteiger partial charge on any atom is 0.252 e. The second kappa shape index (κ2) is 6.76. The van der Waals surface area contributed by atoms with E-state index in [-0.39, 0.29) is 18.5 Å². The normalized spacial score (nSPS) is 10.5. The van der Waals surface area contributed by atoms with Crippen LogP contribution in [0.25, 0.3) is 0 Å². The standard InChI is InChI=1S/C15H11BrF3NO/c16-14-2-1-10(17)8-13(14)15(21)20-4-3-9-5-11(18)7-12(19)6-9/h1-2,5-8H,3-4H2,(H,20,21). The van der Waals surface area contributed by atoms with Crippen molar-refractivity contribution in [2.45, 2.75) is 6.42 Å². The predicted octanol–water partition coefficient (Wildman–Crippen LogP) is 3.84. The van der Waals surface area contributed by atoms with E-state index in [1.807, 2.05) is 0 Å². The molecule has 2 aromatic carbocycles. The Labute approximate surface area is 128 Å². The minimum Gasteiger partial charge on any atom is -0.352 e. The molecule has 0 aromatic heterocycles. The fourth-order valence-electron chi connectivity index (χ4n) is 1.84. The monoisotopic (exact) mass is 357 g/mol. The smallest absolute Gasteiger partial charge is 0.252 e. The summed E-state index contributed by atoms with van der Waals surface area (Å²) >= 11 is 3.16. The van der Waals surface area contributed by atoms with Gasteiger partial charge in [0.1, 0.15) is 17.5 Å². The third kappa shape index (κ3) is 4.32. The second-order valence-corrected chi connectivity index (χ2v) is 5.26. The van der Waals surface area contributed by atoms with Gasteiger partial charge in [0.2, 0.25) is 0 Å². The van der Waals surface area contributed by atoms with E-state index in [4.69, 9.17) is 0 Å². The molecule has 0 heterocycles. The summed E-state index contributed by atoms with van der Waals surface area (Å²) in [7, 11) is 0. The predicted molar refractivity (Wildman–Crippen MR) is 76.5 cm³/mol. The molecule has 2 nitrogen and oxygen atoms in total. The van der Waals surface area contributed by atoms with E-state index in [1.54, 1.807) is 0 Å². The summed E-state index contributed by atoms with van der Waals surface area (Å²) < 4.78 is 39.6. The molecule has 0 aliphatic rings. The molecule has 1 amide bonds. The van der Waals surface area contributed by atoms with Gasteiger partial charge in [0.15, 0.2) is 0 Å². The van der Waals surface area contributed by atoms with Gasteiger partial charge in [-0.3, -0.25) is 4.79 Å². The lowest BCUT2D eigenvalue weighted by molar-refractivity contribution is 0.0953. The van der Waals surface area contributed by atoms with Crippen LogP contribution in [0, 0.1) is 17.5 Å². The summed E-state index contributed by atoms with van der Waals surface area (Å²) in [4.78, 5) is 11.9. The van der Waals surface area contributed by atoms with E-state index < -0.39 is 23.4 Å². The third-order valence-electron chi connectivity index (χ3n) is 2.79. The van der Waals surface area contributed by atoms with Crippen molar-refractivity contribution in [2.24, 2.45) is 0 Å². The van der Waals surface area contributed by atoms with Crippen molar-refractivity contribution in [1.29, 1.82) is 0 Å². The molecular formula is C15H11BrF3NO. The number of carbonyl (C=O) groups excluding carboxylic acids is 1. The minimum absolute atomic E-state index is 0.167. The summed E-state index contributed by atoms with van der Waals surface area (Å²) in [5.74, 6) is -2.30. The molecule has 1 N–H and O–H groups in total. The lowest BCUT2D eigenvalue weighted by Crippen LogP contribution is -2.26. The quantitative estimate of drug-likeness (QED) is 0.884. The van der Waals surface area contributed by atoms with Crippen LogP contribution in [-0.4, -0.2) is 12.5 Å². The first kappa shape index (κ1) is 15.6. The fourth-order valence-corrected chi connectivity index (χ4v) is 2.27. The summed E-state index contributed by atoms with van der Waals surface area (Å²) in [5, 5.41) is 2.57. The Kier molecular flexibility index (Phi) is 5.01. The van der Waals surface area contributed by atoms with Gasteiger partial charge in [-0.1, -0.05) is 0 Å². The summed E-state index contributed by atoms with van der Waals surface area (Å²) in [5.41, 5.74) is 0.603. The lowest BCUT2D eigenvalue weighted by Gasteiger charge is -2.07. The molecule has 6 heteroatoms. The Balaban J connectivity index is 1.96. The maximum atomic E-state index is 13.1. The molecule has 0 aliphatic carbocycles. The molecule has 0 unspecified atom stereocenters. The van der Waals surface area contributed by atoms with Gasteiger partial charge in [-0.05, 0) is 58.2 Å². The van der Waals surface area contributed by atoms with Gasteiger partial charge < -0.3 is 5.32 Å². The van der Waals surface area contributed by atoms with Gasteiger partial charge >= 0.3 is 0 Å². The lowest BCUT2D eigenvalue weighted by atomic mass is 10.1. The number of rotatable bonds is 4. The minimum atomic E-state index is -0.663. The van der Waals surface area contributed by atoms with Crippen molar-refractivity contribution in [3.05, 3.63) is 69.4 Å². The van der Waals surface area contributed by atoms with Crippen LogP contribution in [0.5, 0.6) is 0 Å². The number of hydrogen-bond donors (Lipinski definition) is 1. The van der Waals surface area contributed by atoms with Crippen LogP contribution in [0.3, 0.4) is 0 Å². The first-order valence-corrected chi connectivity index (χ1v) is 6.93. The van der Waals surface area contributed by atoms with Crippen LogP contribution in [0.15, 0.2) is 40.9 Å². The summed E-state index contributed by atoms with van der Waals surface area (Å²) in [6, 6.07) is 6.97. The van der Waals surface area contributed by atoms with Gasteiger partial charge in [0, 0.05) is 17.1 Å². The average Bonchev–Trinajstić information content (AvgIpc) is 2.40. The Hall–Kier alpha value is -1.82. The molecule has 0 saturated carbocycles. The molecule has 0 atom stereocenters. The Bertz CT molecular complexity index is 656. The number of hydrogen-bond acceptors (Lipinski definition) is 1. The largest absolute Gasteiger partial charge is 0.352 e. The molecule has 2 rings (SSSR count). The molecular weight excluding hydrogens is 347 g/mol. The number of carbonyl (C=O) groups is 1. The molecule has 0 spiro atoms. The highest BCUT2D eigenvalue weighted by atomic mass is 79.9. The Morgan fingerprint density at radius 3 is 2.33 bits per heavy atom. The number of amides is 1. The fraction of sp³-hybridized carbons (Fsp3) is 0.133. The maximum absolute atomic E-state index is 13.1. The van der Waals surface area contributed by atoms with Gasteiger partial charge in [-0.15, -0.1) is 0 Å². The Morgan fingerprint density at radius 1 is 1.00 bits per heavy atom. The molecule has 2 aromatic rings. The Morgan fingerprint density at radius 2 is 1.67 bits per heavy atom. The highest BCUT2D eigenvalue weighted by Crippen LogP contribution is 2.17. The summed E-state index contributed by atoms with van der Waals surface area (Å²) in [6.07, 6.45) is 0.271. The SMILES string of the molecule is O=C(NCCc1cc(F)cc(F)c1)c1cc(F)ccc1Br. The van der Waals surface area contributed by atoms with Crippen molar-refractivity contribution >= 4 is 21.8 Å². The van der Waals surface area contributed by atoms with Gasteiger partial charge in [0.05, 0.1) is 5.56 Å².